The van der Waals surface area contributed by atoms with E-state index in [2.05, 4.69) is 20.2 Å². The van der Waals surface area contributed by atoms with Crippen LogP contribution in [0.4, 0.5) is 5.95 Å². The highest BCUT2D eigenvalue weighted by atomic mass is 16.4. The zero-order valence-corrected chi connectivity index (χ0v) is 12.2. The van der Waals surface area contributed by atoms with E-state index in [0.717, 1.165) is 23.9 Å². The van der Waals surface area contributed by atoms with Crippen molar-refractivity contribution in [3.63, 3.8) is 0 Å². The van der Waals surface area contributed by atoms with E-state index in [4.69, 9.17) is 5.11 Å². The number of rotatable bonds is 5. The second-order valence-corrected chi connectivity index (χ2v) is 6.25. The number of carboxylic acids is 1. The molecule has 1 aromatic heterocycles. The van der Waals surface area contributed by atoms with Gasteiger partial charge in [-0.15, -0.1) is 0 Å². The van der Waals surface area contributed by atoms with E-state index in [-0.39, 0.29) is 6.54 Å². The first kappa shape index (κ1) is 14.3. The number of likely N-dealkylation sites (tertiary alicyclic amines) is 1. The Morgan fingerprint density at radius 3 is 2.57 bits per heavy atom. The molecule has 6 nitrogen and oxygen atoms in total. The first-order valence-electron chi connectivity index (χ1n) is 7.68. The van der Waals surface area contributed by atoms with Crippen molar-refractivity contribution in [2.24, 2.45) is 11.8 Å². The van der Waals surface area contributed by atoms with Crippen molar-refractivity contribution in [1.82, 2.24) is 14.9 Å². The summed E-state index contributed by atoms with van der Waals surface area (Å²) in [7, 11) is 0. The summed E-state index contributed by atoms with van der Waals surface area (Å²) in [4.78, 5) is 21.3. The smallest absolute Gasteiger partial charge is 0.322 e. The molecule has 114 valence electrons. The van der Waals surface area contributed by atoms with Crippen LogP contribution >= 0.6 is 0 Å². The van der Waals surface area contributed by atoms with Gasteiger partial charge in [-0.25, -0.2) is 9.97 Å². The SMILES string of the molecule is O=C(O)CNc1ncc(CN2C[C@@H]3CCC[C@H](C3)C2)cn1. The average Bonchev–Trinajstić information content (AvgIpc) is 2.46. The van der Waals surface area contributed by atoms with Gasteiger partial charge in [-0.1, -0.05) is 6.42 Å². The van der Waals surface area contributed by atoms with Crippen LogP contribution in [0.2, 0.25) is 0 Å². The Kier molecular flexibility index (Phi) is 4.34. The Morgan fingerprint density at radius 2 is 1.95 bits per heavy atom. The van der Waals surface area contributed by atoms with Gasteiger partial charge in [0.1, 0.15) is 6.54 Å². The molecule has 1 aromatic rings. The first-order chi connectivity index (χ1) is 10.2. The van der Waals surface area contributed by atoms with Crippen LogP contribution in [0.5, 0.6) is 0 Å². The third-order valence-corrected chi connectivity index (χ3v) is 4.43. The van der Waals surface area contributed by atoms with Crippen LogP contribution in [0.3, 0.4) is 0 Å². The highest BCUT2D eigenvalue weighted by Gasteiger charge is 2.30. The minimum Gasteiger partial charge on any atom is -0.480 e. The number of aromatic nitrogens is 2. The van der Waals surface area contributed by atoms with Gasteiger partial charge in [0.05, 0.1) is 0 Å². The lowest BCUT2D eigenvalue weighted by Crippen LogP contribution is -2.42. The van der Waals surface area contributed by atoms with Crippen LogP contribution in [0.15, 0.2) is 12.4 Å². The minimum atomic E-state index is -0.914. The Morgan fingerprint density at radius 1 is 1.29 bits per heavy atom. The maximum Gasteiger partial charge on any atom is 0.322 e. The number of anilines is 1. The molecule has 21 heavy (non-hydrogen) atoms. The van der Waals surface area contributed by atoms with E-state index in [1.54, 1.807) is 12.4 Å². The molecule has 2 heterocycles. The number of carboxylic acid groups (broad SMARTS) is 1. The summed E-state index contributed by atoms with van der Waals surface area (Å²) in [5, 5.41) is 11.3. The fourth-order valence-electron chi connectivity index (χ4n) is 3.61. The van der Waals surface area contributed by atoms with Crippen molar-refractivity contribution in [3.8, 4) is 0 Å². The van der Waals surface area contributed by atoms with Gasteiger partial charge in [-0.2, -0.15) is 0 Å². The molecule has 2 fully saturated rings. The van der Waals surface area contributed by atoms with Crippen LogP contribution < -0.4 is 5.32 Å². The third-order valence-electron chi connectivity index (χ3n) is 4.43. The molecule has 3 rings (SSSR count). The molecule has 2 aliphatic rings. The molecule has 2 atom stereocenters. The van der Waals surface area contributed by atoms with Crippen molar-refractivity contribution in [2.75, 3.05) is 25.0 Å². The van der Waals surface area contributed by atoms with E-state index < -0.39 is 5.97 Å². The summed E-state index contributed by atoms with van der Waals surface area (Å²) in [5.74, 6) is 1.20. The molecule has 0 radical (unpaired) electrons. The van der Waals surface area contributed by atoms with Crippen LogP contribution in [0.25, 0.3) is 0 Å². The van der Waals surface area contributed by atoms with Gasteiger partial charge in [-0.3, -0.25) is 9.69 Å². The summed E-state index contributed by atoms with van der Waals surface area (Å²) in [6, 6.07) is 0. The number of carbonyl (C=O) groups is 1. The molecular formula is C15H22N4O2. The van der Waals surface area contributed by atoms with Crippen molar-refractivity contribution >= 4 is 11.9 Å². The van der Waals surface area contributed by atoms with Gasteiger partial charge in [0.2, 0.25) is 5.95 Å². The maximum absolute atomic E-state index is 10.5. The standard InChI is InChI=1S/C15H22N4O2/c20-14(21)7-18-15-16-5-13(6-17-15)10-19-8-11-2-1-3-12(4-11)9-19/h5-6,11-12H,1-4,7-10H2,(H,20,21)(H,16,17,18)/t11-,12-/m1/s1. The predicted octanol–water partition coefficient (Wildman–Crippen LogP) is 1.60. The lowest BCUT2D eigenvalue weighted by molar-refractivity contribution is -0.134. The zero-order valence-electron chi connectivity index (χ0n) is 12.2. The number of nitrogens with zero attached hydrogens (tertiary/aromatic N) is 3. The van der Waals surface area contributed by atoms with Gasteiger partial charge < -0.3 is 10.4 Å². The largest absolute Gasteiger partial charge is 0.480 e. The minimum absolute atomic E-state index is 0.158. The van der Waals surface area contributed by atoms with Gasteiger partial charge in [0, 0.05) is 37.6 Å². The van der Waals surface area contributed by atoms with E-state index in [1.165, 1.54) is 38.8 Å². The van der Waals surface area contributed by atoms with Crippen LogP contribution in [0.1, 0.15) is 31.2 Å². The number of aliphatic carboxylic acids is 1. The van der Waals surface area contributed by atoms with Crippen molar-refractivity contribution in [1.29, 1.82) is 0 Å². The number of nitrogens with one attached hydrogen (secondary N) is 1. The highest BCUT2D eigenvalue weighted by Crippen LogP contribution is 2.34. The van der Waals surface area contributed by atoms with Gasteiger partial charge >= 0.3 is 5.97 Å². The Hall–Kier alpha value is -1.69. The number of hydrogen-bond donors (Lipinski definition) is 2. The first-order valence-corrected chi connectivity index (χ1v) is 7.68. The lowest BCUT2D eigenvalue weighted by Gasteiger charge is -2.41. The molecule has 0 aromatic carbocycles. The van der Waals surface area contributed by atoms with E-state index in [0.29, 0.717) is 5.95 Å². The molecule has 2 bridgehead atoms. The molecule has 6 heteroatoms. The summed E-state index contributed by atoms with van der Waals surface area (Å²) in [5.41, 5.74) is 1.09. The van der Waals surface area contributed by atoms with Gasteiger partial charge in [0.25, 0.3) is 0 Å². The molecular weight excluding hydrogens is 268 g/mol. The summed E-state index contributed by atoms with van der Waals surface area (Å²) in [6.45, 7) is 3.12. The highest BCUT2D eigenvalue weighted by molar-refractivity contribution is 5.71. The molecule has 0 amide bonds. The third kappa shape index (κ3) is 3.91. The topological polar surface area (TPSA) is 78.3 Å². The Bertz CT molecular complexity index is 479. The van der Waals surface area contributed by atoms with Crippen LogP contribution in [-0.2, 0) is 11.3 Å². The number of fused-ring (bicyclic) bond motifs is 2. The monoisotopic (exact) mass is 290 g/mol. The Labute approximate surface area is 124 Å². The van der Waals surface area contributed by atoms with E-state index >= 15 is 0 Å². The van der Waals surface area contributed by atoms with Crippen LogP contribution in [-0.4, -0.2) is 45.6 Å². The van der Waals surface area contributed by atoms with Crippen molar-refractivity contribution in [3.05, 3.63) is 18.0 Å². The average molecular weight is 290 g/mol. The Balaban J connectivity index is 1.54. The van der Waals surface area contributed by atoms with Crippen molar-refractivity contribution in [2.45, 2.75) is 32.2 Å². The predicted molar refractivity (Wildman–Crippen MR) is 78.9 cm³/mol. The normalized spacial score (nSPS) is 25.5. The molecule has 1 aliphatic heterocycles. The molecule has 0 spiro atoms. The maximum atomic E-state index is 10.5. The molecule has 0 unspecified atom stereocenters. The fraction of sp³-hybridized carbons (Fsp3) is 0.667. The summed E-state index contributed by atoms with van der Waals surface area (Å²) < 4.78 is 0. The molecule has 1 saturated carbocycles. The van der Waals surface area contributed by atoms with Gasteiger partial charge in [0.15, 0.2) is 0 Å². The quantitative estimate of drug-likeness (QED) is 0.857. The second-order valence-electron chi connectivity index (χ2n) is 6.25. The number of hydrogen-bond acceptors (Lipinski definition) is 5. The summed E-state index contributed by atoms with van der Waals surface area (Å²) >= 11 is 0. The van der Waals surface area contributed by atoms with E-state index in [9.17, 15) is 4.79 Å². The van der Waals surface area contributed by atoms with Gasteiger partial charge in [-0.05, 0) is 31.1 Å². The molecule has 2 N–H and O–H groups in total. The zero-order chi connectivity index (χ0) is 14.7. The fourth-order valence-corrected chi connectivity index (χ4v) is 3.61. The molecule has 1 aliphatic carbocycles. The summed E-state index contributed by atoms with van der Waals surface area (Å²) in [6.07, 6.45) is 9.15. The number of piperidine rings is 1. The van der Waals surface area contributed by atoms with E-state index in [1.807, 2.05) is 0 Å². The van der Waals surface area contributed by atoms with Crippen molar-refractivity contribution < 1.29 is 9.90 Å². The molecule has 1 saturated heterocycles. The second kappa shape index (κ2) is 6.39. The van der Waals surface area contributed by atoms with Crippen LogP contribution in [0, 0.1) is 11.8 Å². The lowest BCUT2D eigenvalue weighted by atomic mass is 9.78.